The molecule has 5 heterocycles. The van der Waals surface area contributed by atoms with Crippen molar-refractivity contribution >= 4 is 16.9 Å². The topological polar surface area (TPSA) is 112 Å². The van der Waals surface area contributed by atoms with Crippen LogP contribution in [0.2, 0.25) is 0 Å². The molecule has 170 valence electrons. The summed E-state index contributed by atoms with van der Waals surface area (Å²) in [7, 11) is 0. The molecule has 0 unspecified atom stereocenters. The van der Waals surface area contributed by atoms with Crippen LogP contribution in [0.4, 0.5) is 0 Å². The average Bonchev–Trinajstić information content (AvgIpc) is 3.42. The zero-order valence-electron chi connectivity index (χ0n) is 18.1. The van der Waals surface area contributed by atoms with E-state index in [1.807, 2.05) is 12.1 Å². The van der Waals surface area contributed by atoms with Crippen molar-refractivity contribution in [2.45, 2.75) is 39.0 Å². The summed E-state index contributed by atoms with van der Waals surface area (Å²) in [5, 5.41) is 14.8. The highest BCUT2D eigenvalue weighted by Gasteiger charge is 2.35. The lowest BCUT2D eigenvalue weighted by molar-refractivity contribution is -0.157. The van der Waals surface area contributed by atoms with Crippen molar-refractivity contribution in [1.29, 1.82) is 0 Å². The smallest absolute Gasteiger partial charge is 0.340 e. The van der Waals surface area contributed by atoms with Crippen molar-refractivity contribution in [3.63, 3.8) is 0 Å². The number of esters is 1. The molecule has 0 saturated carbocycles. The molecule has 3 aromatic rings. The molecular formula is C24H23N3O6. The van der Waals surface area contributed by atoms with E-state index in [2.05, 4.69) is 12.2 Å². The van der Waals surface area contributed by atoms with Gasteiger partial charge in [0, 0.05) is 22.6 Å². The number of aliphatic hydroxyl groups excluding tert-OH is 1. The summed E-state index contributed by atoms with van der Waals surface area (Å²) < 4.78 is 17.8. The fourth-order valence-corrected chi connectivity index (χ4v) is 4.90. The molecule has 3 aliphatic rings. The lowest BCUT2D eigenvalue weighted by Crippen LogP contribution is -2.32. The van der Waals surface area contributed by atoms with Crippen molar-refractivity contribution < 1.29 is 24.1 Å². The molecule has 1 aromatic carbocycles. The number of rotatable bonds is 5. The highest BCUT2D eigenvalue weighted by Crippen LogP contribution is 2.42. The minimum absolute atomic E-state index is 0.134. The lowest BCUT2D eigenvalue weighted by atomic mass is 9.96. The van der Waals surface area contributed by atoms with Crippen LogP contribution in [0, 0.1) is 0 Å². The highest BCUT2D eigenvalue weighted by atomic mass is 16.7. The van der Waals surface area contributed by atoms with Crippen LogP contribution in [0.1, 0.15) is 41.7 Å². The number of cyclic esters (lactones) is 1. The van der Waals surface area contributed by atoms with Gasteiger partial charge in [-0.1, -0.05) is 6.92 Å². The van der Waals surface area contributed by atoms with E-state index in [4.69, 9.17) is 19.2 Å². The molecule has 9 nitrogen and oxygen atoms in total. The second kappa shape index (κ2) is 7.57. The van der Waals surface area contributed by atoms with E-state index < -0.39 is 12.1 Å². The SMILES string of the molecule is CCCNCCc1c2c(nc3cc4c(cc13)OCO4)-c1cc3c(c(=O)n1C2)COC(=O)[C@H]3O. The maximum Gasteiger partial charge on any atom is 0.340 e. The third-order valence-electron chi connectivity index (χ3n) is 6.55. The Morgan fingerprint density at radius 2 is 1.94 bits per heavy atom. The van der Waals surface area contributed by atoms with Crippen molar-refractivity contribution in [3.8, 4) is 22.9 Å². The zero-order valence-corrected chi connectivity index (χ0v) is 18.1. The van der Waals surface area contributed by atoms with E-state index in [0.29, 0.717) is 40.6 Å². The number of aliphatic hydroxyl groups is 1. The monoisotopic (exact) mass is 449 g/mol. The molecule has 0 fully saturated rings. The number of nitrogens with zero attached hydrogens (tertiary/aromatic N) is 2. The van der Waals surface area contributed by atoms with Gasteiger partial charge >= 0.3 is 5.97 Å². The fourth-order valence-electron chi connectivity index (χ4n) is 4.90. The van der Waals surface area contributed by atoms with Crippen molar-refractivity contribution in [2.24, 2.45) is 0 Å². The number of fused-ring (bicyclic) bond motifs is 6. The van der Waals surface area contributed by atoms with Gasteiger partial charge in [0.1, 0.15) is 6.61 Å². The van der Waals surface area contributed by atoms with E-state index in [0.717, 1.165) is 48.0 Å². The van der Waals surface area contributed by atoms with E-state index in [1.165, 1.54) is 0 Å². The first-order chi connectivity index (χ1) is 16.1. The lowest BCUT2D eigenvalue weighted by Gasteiger charge is -2.21. The summed E-state index contributed by atoms with van der Waals surface area (Å²) in [5.41, 5.74) is 4.47. The number of benzene rings is 1. The Labute approximate surface area is 188 Å². The number of ether oxygens (including phenoxy) is 3. The quantitative estimate of drug-likeness (QED) is 0.350. The molecule has 2 aromatic heterocycles. The average molecular weight is 449 g/mol. The summed E-state index contributed by atoms with van der Waals surface area (Å²) in [4.78, 5) is 30.1. The van der Waals surface area contributed by atoms with Crippen molar-refractivity contribution in [2.75, 3.05) is 19.9 Å². The summed E-state index contributed by atoms with van der Waals surface area (Å²) in [6, 6.07) is 5.54. The minimum Gasteiger partial charge on any atom is -0.458 e. The van der Waals surface area contributed by atoms with Gasteiger partial charge in [0.2, 0.25) is 6.79 Å². The van der Waals surface area contributed by atoms with Gasteiger partial charge < -0.3 is 29.2 Å². The van der Waals surface area contributed by atoms with Crippen molar-refractivity contribution in [3.05, 3.63) is 50.8 Å². The Bertz CT molecular complexity index is 1380. The van der Waals surface area contributed by atoms with Gasteiger partial charge in [0.25, 0.3) is 5.56 Å². The van der Waals surface area contributed by atoms with Crippen LogP contribution in [-0.4, -0.2) is 40.5 Å². The molecule has 0 bridgehead atoms. The molecule has 6 rings (SSSR count). The molecule has 0 amide bonds. The first-order valence-electron chi connectivity index (χ1n) is 11.1. The molecular weight excluding hydrogens is 426 g/mol. The molecule has 0 aliphatic carbocycles. The van der Waals surface area contributed by atoms with Gasteiger partial charge in [-0.25, -0.2) is 9.78 Å². The third kappa shape index (κ3) is 3.03. The first kappa shape index (κ1) is 20.2. The summed E-state index contributed by atoms with van der Waals surface area (Å²) in [6.45, 7) is 4.26. The number of pyridine rings is 2. The standard InChI is InChI=1S/C24H23N3O6/c1-2-4-25-5-3-12-13-7-19-20(33-11-32-19)8-17(13)26-21-15(12)9-27-18(21)6-14-16(23(27)29)10-31-24(30)22(14)28/h6-8,22,25,28H,2-5,9-11H2,1H3/t22-/m0/s1. The van der Waals surface area contributed by atoms with Crippen LogP contribution in [0.25, 0.3) is 22.3 Å². The molecule has 0 saturated heterocycles. The molecule has 9 heteroatoms. The number of nitrogens with one attached hydrogen (secondary N) is 1. The zero-order chi connectivity index (χ0) is 22.7. The van der Waals surface area contributed by atoms with E-state index in [1.54, 1.807) is 10.6 Å². The molecule has 33 heavy (non-hydrogen) atoms. The van der Waals surface area contributed by atoms with E-state index in [-0.39, 0.29) is 19.0 Å². The van der Waals surface area contributed by atoms with Crippen LogP contribution in [0.5, 0.6) is 11.5 Å². The van der Waals surface area contributed by atoms with Gasteiger partial charge in [0.15, 0.2) is 17.6 Å². The minimum atomic E-state index is -1.47. The Hall–Kier alpha value is -3.43. The second-order valence-electron chi connectivity index (χ2n) is 8.51. The summed E-state index contributed by atoms with van der Waals surface area (Å²) in [6.07, 6.45) is 0.334. The maximum atomic E-state index is 13.3. The Morgan fingerprint density at radius 3 is 2.76 bits per heavy atom. The number of aromatic nitrogens is 2. The molecule has 3 aliphatic heterocycles. The van der Waals surface area contributed by atoms with Crippen molar-refractivity contribution in [1.82, 2.24) is 14.9 Å². The number of carbonyl (C=O) groups excluding carboxylic acids is 1. The molecule has 1 atom stereocenters. The third-order valence-corrected chi connectivity index (χ3v) is 6.55. The Balaban J connectivity index is 1.55. The predicted molar refractivity (Wildman–Crippen MR) is 118 cm³/mol. The maximum absolute atomic E-state index is 13.3. The Morgan fingerprint density at radius 1 is 1.12 bits per heavy atom. The second-order valence-corrected chi connectivity index (χ2v) is 8.51. The molecule has 0 spiro atoms. The summed E-state index contributed by atoms with van der Waals surface area (Å²) >= 11 is 0. The largest absolute Gasteiger partial charge is 0.458 e. The van der Waals surface area contributed by atoms with Crippen LogP contribution >= 0.6 is 0 Å². The number of hydrogen-bond donors (Lipinski definition) is 2. The van der Waals surface area contributed by atoms with Gasteiger partial charge in [-0.3, -0.25) is 4.79 Å². The van der Waals surface area contributed by atoms with Gasteiger partial charge in [-0.05, 0) is 43.6 Å². The van der Waals surface area contributed by atoms with Crippen LogP contribution in [-0.2, 0) is 29.1 Å². The van der Waals surface area contributed by atoms with E-state index >= 15 is 0 Å². The van der Waals surface area contributed by atoms with Gasteiger partial charge in [0.05, 0.1) is 29.0 Å². The van der Waals surface area contributed by atoms with E-state index in [9.17, 15) is 14.7 Å². The van der Waals surface area contributed by atoms with Crippen LogP contribution < -0.4 is 20.3 Å². The Kier molecular flexibility index (Phi) is 4.63. The van der Waals surface area contributed by atoms with Gasteiger partial charge in [-0.15, -0.1) is 0 Å². The first-order valence-corrected chi connectivity index (χ1v) is 11.1. The number of hydrogen-bond acceptors (Lipinski definition) is 8. The molecule has 2 N–H and O–H groups in total. The predicted octanol–water partition coefficient (Wildman–Crippen LogP) is 1.79. The van der Waals surface area contributed by atoms with Gasteiger partial charge in [-0.2, -0.15) is 0 Å². The molecule has 0 radical (unpaired) electrons. The number of carbonyl (C=O) groups is 1. The highest BCUT2D eigenvalue weighted by molar-refractivity contribution is 5.91. The fraction of sp³-hybridized carbons (Fsp3) is 0.375. The normalized spacial score (nSPS) is 17.6. The van der Waals surface area contributed by atoms with Crippen LogP contribution in [0.15, 0.2) is 23.0 Å². The van der Waals surface area contributed by atoms with Crippen LogP contribution in [0.3, 0.4) is 0 Å². The summed E-state index contributed by atoms with van der Waals surface area (Å²) in [5.74, 6) is 0.588.